The van der Waals surface area contributed by atoms with Crippen molar-refractivity contribution < 1.29 is 0 Å². The van der Waals surface area contributed by atoms with Crippen LogP contribution in [-0.4, -0.2) is 9.55 Å². The van der Waals surface area contributed by atoms with Crippen LogP contribution in [0.5, 0.6) is 0 Å². The van der Waals surface area contributed by atoms with Gasteiger partial charge in [0.05, 0.1) is 5.69 Å². The van der Waals surface area contributed by atoms with Crippen LogP contribution in [-0.2, 0) is 13.5 Å². The molecule has 0 spiro atoms. The Labute approximate surface area is 107 Å². The fraction of sp³-hybridized carbons (Fsp3) is 0.188. The van der Waals surface area contributed by atoms with E-state index in [1.807, 2.05) is 12.4 Å². The molecule has 18 heavy (non-hydrogen) atoms. The highest BCUT2D eigenvalue weighted by atomic mass is 14.9. The molecule has 1 aromatic carbocycles. The minimum absolute atomic E-state index is 1.02. The van der Waals surface area contributed by atoms with E-state index in [0.29, 0.717) is 0 Å². The monoisotopic (exact) mass is 236 g/mol. The Bertz CT molecular complexity index is 695. The highest BCUT2D eigenvalue weighted by Gasteiger charge is 2.07. The fourth-order valence-electron chi connectivity index (χ4n) is 2.39. The molecule has 0 saturated carbocycles. The highest BCUT2D eigenvalue weighted by molar-refractivity contribution is 5.86. The Kier molecular flexibility index (Phi) is 2.63. The van der Waals surface area contributed by atoms with Crippen molar-refractivity contribution >= 4 is 10.9 Å². The Hall–Kier alpha value is -2.09. The number of rotatable bonds is 2. The molecule has 2 aromatic heterocycles. The summed E-state index contributed by atoms with van der Waals surface area (Å²) >= 11 is 0. The third-order valence-corrected chi connectivity index (χ3v) is 3.45. The van der Waals surface area contributed by atoms with Gasteiger partial charge in [0.1, 0.15) is 0 Å². The number of hydrogen-bond acceptors (Lipinski definition) is 1. The molecule has 3 rings (SSSR count). The van der Waals surface area contributed by atoms with Gasteiger partial charge in [-0.15, -0.1) is 0 Å². The minimum atomic E-state index is 1.02. The van der Waals surface area contributed by atoms with E-state index in [1.54, 1.807) is 0 Å². The van der Waals surface area contributed by atoms with Gasteiger partial charge >= 0.3 is 0 Å². The predicted molar refractivity (Wildman–Crippen MR) is 75.5 cm³/mol. The van der Waals surface area contributed by atoms with Crippen molar-refractivity contribution in [3.8, 4) is 11.3 Å². The van der Waals surface area contributed by atoms with Crippen LogP contribution in [0.4, 0.5) is 0 Å². The summed E-state index contributed by atoms with van der Waals surface area (Å²) in [6.07, 6.45) is 4.89. The number of aryl methyl sites for hydroxylation is 2. The zero-order valence-corrected chi connectivity index (χ0v) is 10.7. The van der Waals surface area contributed by atoms with Crippen LogP contribution in [0.25, 0.3) is 22.2 Å². The van der Waals surface area contributed by atoms with E-state index < -0.39 is 0 Å². The summed E-state index contributed by atoms with van der Waals surface area (Å²) in [5.74, 6) is 0. The van der Waals surface area contributed by atoms with Gasteiger partial charge in [-0.25, -0.2) is 0 Å². The van der Waals surface area contributed by atoms with Crippen LogP contribution >= 0.6 is 0 Å². The Balaban J connectivity index is 2.21. The van der Waals surface area contributed by atoms with Gasteiger partial charge in [-0.1, -0.05) is 25.1 Å². The molecule has 0 aliphatic heterocycles. The summed E-state index contributed by atoms with van der Waals surface area (Å²) in [4.78, 5) is 4.33. The van der Waals surface area contributed by atoms with Crippen molar-refractivity contribution in [2.75, 3.05) is 0 Å². The lowest BCUT2D eigenvalue weighted by Crippen LogP contribution is -1.93. The van der Waals surface area contributed by atoms with Crippen LogP contribution in [0.2, 0.25) is 0 Å². The molecule has 2 heterocycles. The second kappa shape index (κ2) is 4.30. The van der Waals surface area contributed by atoms with Gasteiger partial charge in [0, 0.05) is 35.9 Å². The number of pyridine rings is 1. The molecule has 0 aliphatic rings. The topological polar surface area (TPSA) is 17.8 Å². The van der Waals surface area contributed by atoms with Crippen LogP contribution in [0, 0.1) is 0 Å². The maximum atomic E-state index is 4.33. The normalized spacial score (nSPS) is 11.0. The van der Waals surface area contributed by atoms with Gasteiger partial charge in [0.15, 0.2) is 0 Å². The zero-order valence-electron chi connectivity index (χ0n) is 10.7. The first-order valence-corrected chi connectivity index (χ1v) is 6.28. The molecule has 0 fully saturated rings. The maximum absolute atomic E-state index is 4.33. The average molecular weight is 236 g/mol. The number of para-hydroxylation sites is 1. The van der Waals surface area contributed by atoms with E-state index in [0.717, 1.165) is 6.42 Å². The van der Waals surface area contributed by atoms with Gasteiger partial charge in [0.2, 0.25) is 0 Å². The number of aromatic nitrogens is 2. The molecular weight excluding hydrogens is 220 g/mol. The molecule has 0 atom stereocenters. The Morgan fingerprint density at radius 3 is 2.72 bits per heavy atom. The summed E-state index contributed by atoms with van der Waals surface area (Å²) in [6.45, 7) is 2.16. The van der Waals surface area contributed by atoms with Gasteiger partial charge in [0.25, 0.3) is 0 Å². The fourth-order valence-corrected chi connectivity index (χ4v) is 2.39. The summed E-state index contributed by atoms with van der Waals surface area (Å²) in [5.41, 5.74) is 4.94. The van der Waals surface area contributed by atoms with Crippen molar-refractivity contribution in [1.29, 1.82) is 0 Å². The minimum Gasteiger partial charge on any atom is -0.344 e. The molecule has 0 unspecified atom stereocenters. The quantitative estimate of drug-likeness (QED) is 0.661. The molecule has 3 aromatic rings. The summed E-state index contributed by atoms with van der Waals surface area (Å²) < 4.78 is 2.23. The van der Waals surface area contributed by atoms with E-state index in [4.69, 9.17) is 0 Å². The van der Waals surface area contributed by atoms with Gasteiger partial charge in [-0.3, -0.25) is 4.98 Å². The molecule has 0 radical (unpaired) electrons. The van der Waals surface area contributed by atoms with Crippen molar-refractivity contribution in [2.45, 2.75) is 13.3 Å². The van der Waals surface area contributed by atoms with Crippen molar-refractivity contribution in [3.05, 3.63) is 54.4 Å². The standard InChI is InChI=1S/C16H16N2/c1-3-12-8-14(11-17-10-12)16-9-13-6-4-5-7-15(13)18(16)2/h4-11H,3H2,1-2H3. The molecule has 0 saturated heterocycles. The maximum Gasteiger partial charge on any atom is 0.0504 e. The number of nitrogens with zero attached hydrogens (tertiary/aromatic N) is 2. The van der Waals surface area contributed by atoms with Gasteiger partial charge in [-0.05, 0) is 30.2 Å². The zero-order chi connectivity index (χ0) is 12.5. The first kappa shape index (κ1) is 11.0. The van der Waals surface area contributed by atoms with E-state index >= 15 is 0 Å². The van der Waals surface area contributed by atoms with Gasteiger partial charge < -0.3 is 4.57 Å². The Morgan fingerprint density at radius 2 is 1.94 bits per heavy atom. The van der Waals surface area contributed by atoms with Crippen LogP contribution in [0.15, 0.2) is 48.8 Å². The average Bonchev–Trinajstić information content (AvgIpc) is 2.77. The number of fused-ring (bicyclic) bond motifs is 1. The van der Waals surface area contributed by atoms with E-state index in [2.05, 4.69) is 59.9 Å². The summed E-state index contributed by atoms with van der Waals surface area (Å²) in [7, 11) is 2.11. The molecule has 2 heteroatoms. The highest BCUT2D eigenvalue weighted by Crippen LogP contribution is 2.27. The van der Waals surface area contributed by atoms with Crippen LogP contribution in [0.3, 0.4) is 0 Å². The number of hydrogen-bond donors (Lipinski definition) is 0. The first-order valence-electron chi connectivity index (χ1n) is 6.28. The largest absolute Gasteiger partial charge is 0.344 e. The van der Waals surface area contributed by atoms with E-state index in [1.165, 1.54) is 27.7 Å². The second-order valence-corrected chi connectivity index (χ2v) is 4.58. The molecule has 0 amide bonds. The van der Waals surface area contributed by atoms with Crippen molar-refractivity contribution in [1.82, 2.24) is 9.55 Å². The predicted octanol–water partition coefficient (Wildman–Crippen LogP) is 3.80. The SMILES string of the molecule is CCc1cncc(-c2cc3ccccc3n2C)c1. The van der Waals surface area contributed by atoms with Crippen molar-refractivity contribution in [2.24, 2.45) is 7.05 Å². The van der Waals surface area contributed by atoms with Gasteiger partial charge in [-0.2, -0.15) is 0 Å². The third-order valence-electron chi connectivity index (χ3n) is 3.45. The smallest absolute Gasteiger partial charge is 0.0504 e. The molecule has 90 valence electrons. The molecular formula is C16H16N2. The third kappa shape index (κ3) is 1.70. The first-order chi connectivity index (χ1) is 8.79. The summed E-state index contributed by atoms with van der Waals surface area (Å²) in [6, 6.07) is 12.9. The Morgan fingerprint density at radius 1 is 1.11 bits per heavy atom. The lowest BCUT2D eigenvalue weighted by Gasteiger charge is -2.05. The second-order valence-electron chi connectivity index (χ2n) is 4.58. The van der Waals surface area contributed by atoms with E-state index in [-0.39, 0.29) is 0 Å². The summed E-state index contributed by atoms with van der Waals surface area (Å²) in [5, 5.41) is 1.27. The van der Waals surface area contributed by atoms with Crippen molar-refractivity contribution in [3.63, 3.8) is 0 Å². The molecule has 0 aliphatic carbocycles. The molecule has 0 bridgehead atoms. The van der Waals surface area contributed by atoms with Crippen LogP contribution < -0.4 is 0 Å². The lowest BCUT2D eigenvalue weighted by molar-refractivity contribution is 0.974. The van der Waals surface area contributed by atoms with E-state index in [9.17, 15) is 0 Å². The van der Waals surface area contributed by atoms with Crippen LogP contribution in [0.1, 0.15) is 12.5 Å². The molecule has 0 N–H and O–H groups in total. The number of benzene rings is 1. The lowest BCUT2D eigenvalue weighted by atomic mass is 10.1. The molecule has 2 nitrogen and oxygen atoms in total.